The molecule has 0 unspecified atom stereocenters. The van der Waals surface area contributed by atoms with Gasteiger partial charge in [0, 0.05) is 6.54 Å². The Morgan fingerprint density at radius 2 is 2.08 bits per heavy atom. The molecule has 0 bridgehead atoms. The number of carbonyl (C=O) groups is 1. The summed E-state index contributed by atoms with van der Waals surface area (Å²) in [6.07, 6.45) is 0. The number of hydrogen-bond acceptors (Lipinski definition) is 4. The van der Waals surface area contributed by atoms with Crippen LogP contribution in [0.4, 0.5) is 10.1 Å². The van der Waals surface area contributed by atoms with Crippen molar-refractivity contribution in [2.24, 2.45) is 0 Å². The molecular formula is C18H15ClFN3O2S. The number of hydrogen-bond donors (Lipinski definition) is 1. The number of nitrogens with one attached hydrogen (secondary N) is 1. The molecule has 0 aliphatic heterocycles. The molecule has 1 heterocycles. The largest absolute Gasteiger partial charge is 0.324 e. The highest BCUT2D eigenvalue weighted by Gasteiger charge is 2.13. The van der Waals surface area contributed by atoms with Gasteiger partial charge in [0.1, 0.15) is 5.82 Å². The minimum Gasteiger partial charge on any atom is -0.324 e. The van der Waals surface area contributed by atoms with Crippen LogP contribution in [0.2, 0.25) is 5.02 Å². The molecule has 0 saturated heterocycles. The lowest BCUT2D eigenvalue weighted by Gasteiger charge is -2.11. The second-order valence-corrected chi connectivity index (χ2v) is 6.77. The second-order valence-electron chi connectivity index (χ2n) is 5.42. The summed E-state index contributed by atoms with van der Waals surface area (Å²) in [5.74, 6) is -0.762. The average Bonchev–Trinajstić information content (AvgIpc) is 2.62. The maximum absolute atomic E-state index is 13.1. The van der Waals surface area contributed by atoms with Gasteiger partial charge in [-0.3, -0.25) is 14.2 Å². The first-order valence-corrected chi connectivity index (χ1v) is 9.23. The van der Waals surface area contributed by atoms with Gasteiger partial charge in [0.25, 0.3) is 5.56 Å². The third-order valence-corrected chi connectivity index (χ3v) is 4.97. The molecule has 0 saturated carbocycles. The van der Waals surface area contributed by atoms with E-state index in [4.69, 9.17) is 11.6 Å². The van der Waals surface area contributed by atoms with Crippen LogP contribution in [0.1, 0.15) is 6.92 Å². The van der Waals surface area contributed by atoms with Gasteiger partial charge in [-0.2, -0.15) is 0 Å². The Bertz CT molecular complexity index is 1040. The van der Waals surface area contributed by atoms with Crippen molar-refractivity contribution in [3.05, 3.63) is 63.7 Å². The van der Waals surface area contributed by atoms with E-state index in [9.17, 15) is 14.0 Å². The molecule has 0 aliphatic rings. The van der Waals surface area contributed by atoms with Crippen LogP contribution in [0, 0.1) is 5.82 Å². The molecule has 0 aliphatic carbocycles. The molecule has 5 nitrogen and oxygen atoms in total. The van der Waals surface area contributed by atoms with Crippen LogP contribution in [-0.2, 0) is 11.3 Å². The van der Waals surface area contributed by atoms with Gasteiger partial charge in [0.05, 0.1) is 27.4 Å². The van der Waals surface area contributed by atoms with E-state index < -0.39 is 5.82 Å². The molecule has 3 rings (SSSR count). The first-order chi connectivity index (χ1) is 12.5. The fraction of sp³-hybridized carbons (Fsp3) is 0.167. The molecule has 2 aromatic carbocycles. The summed E-state index contributed by atoms with van der Waals surface area (Å²) in [5.41, 5.74) is 0.785. The monoisotopic (exact) mass is 391 g/mol. The molecule has 1 aromatic heterocycles. The molecule has 0 spiro atoms. The van der Waals surface area contributed by atoms with Crippen molar-refractivity contribution < 1.29 is 9.18 Å². The van der Waals surface area contributed by atoms with E-state index in [2.05, 4.69) is 10.3 Å². The molecule has 1 N–H and O–H groups in total. The van der Waals surface area contributed by atoms with E-state index in [1.165, 1.54) is 16.7 Å². The molecule has 3 aromatic rings. The number of fused-ring (bicyclic) bond motifs is 1. The van der Waals surface area contributed by atoms with E-state index in [1.807, 2.05) is 13.0 Å². The average molecular weight is 392 g/mol. The first kappa shape index (κ1) is 18.4. The predicted octanol–water partition coefficient (Wildman–Crippen LogP) is 3.94. The molecule has 26 heavy (non-hydrogen) atoms. The van der Waals surface area contributed by atoms with Crippen molar-refractivity contribution in [2.45, 2.75) is 18.6 Å². The summed E-state index contributed by atoms with van der Waals surface area (Å²) in [6, 6.07) is 10.8. The third-order valence-electron chi connectivity index (χ3n) is 3.68. The number of benzene rings is 2. The lowest BCUT2D eigenvalue weighted by molar-refractivity contribution is -0.113. The highest BCUT2D eigenvalue weighted by atomic mass is 35.5. The van der Waals surface area contributed by atoms with Crippen molar-refractivity contribution in [1.82, 2.24) is 9.55 Å². The SMILES string of the molecule is CCn1c(SCC(=O)Nc2ccc(F)cc2Cl)nc2ccccc2c1=O. The van der Waals surface area contributed by atoms with Crippen molar-refractivity contribution in [1.29, 1.82) is 0 Å². The molecule has 1 amide bonds. The number of thioether (sulfide) groups is 1. The minimum atomic E-state index is -0.477. The number of carbonyl (C=O) groups excluding carboxylic acids is 1. The van der Waals surface area contributed by atoms with Crippen molar-refractivity contribution in [3.63, 3.8) is 0 Å². The summed E-state index contributed by atoms with van der Waals surface area (Å²) in [6.45, 7) is 2.30. The summed E-state index contributed by atoms with van der Waals surface area (Å²) in [7, 11) is 0. The summed E-state index contributed by atoms with van der Waals surface area (Å²) >= 11 is 7.06. The van der Waals surface area contributed by atoms with E-state index in [0.29, 0.717) is 28.3 Å². The fourth-order valence-corrected chi connectivity index (χ4v) is 3.52. The Balaban J connectivity index is 1.78. The van der Waals surface area contributed by atoms with Crippen LogP contribution < -0.4 is 10.9 Å². The molecule has 8 heteroatoms. The van der Waals surface area contributed by atoms with Gasteiger partial charge in [-0.1, -0.05) is 35.5 Å². The Hall–Kier alpha value is -2.38. The normalized spacial score (nSPS) is 10.9. The second kappa shape index (κ2) is 7.88. The Morgan fingerprint density at radius 1 is 1.31 bits per heavy atom. The number of anilines is 1. The zero-order valence-corrected chi connectivity index (χ0v) is 15.4. The summed E-state index contributed by atoms with van der Waals surface area (Å²) in [4.78, 5) is 29.2. The maximum atomic E-state index is 13.1. The van der Waals surface area contributed by atoms with Crippen LogP contribution in [0.15, 0.2) is 52.4 Å². The molecule has 0 fully saturated rings. The van der Waals surface area contributed by atoms with Crippen molar-refractivity contribution in [2.75, 3.05) is 11.1 Å². The number of amides is 1. The lowest BCUT2D eigenvalue weighted by Crippen LogP contribution is -2.23. The van der Waals surface area contributed by atoms with Crippen LogP contribution in [0.25, 0.3) is 10.9 Å². The van der Waals surface area contributed by atoms with Gasteiger partial charge in [-0.05, 0) is 37.3 Å². The van der Waals surface area contributed by atoms with E-state index in [1.54, 1.807) is 18.2 Å². The number of nitrogens with zero attached hydrogens (tertiary/aromatic N) is 2. The summed E-state index contributed by atoms with van der Waals surface area (Å²) in [5, 5.41) is 3.76. The first-order valence-electron chi connectivity index (χ1n) is 7.87. The minimum absolute atomic E-state index is 0.0402. The van der Waals surface area contributed by atoms with Crippen LogP contribution in [0.5, 0.6) is 0 Å². The number of halogens is 2. The van der Waals surface area contributed by atoms with Crippen LogP contribution in [-0.4, -0.2) is 21.2 Å². The van der Waals surface area contributed by atoms with Crippen LogP contribution >= 0.6 is 23.4 Å². The van der Waals surface area contributed by atoms with E-state index >= 15 is 0 Å². The lowest BCUT2D eigenvalue weighted by atomic mass is 10.2. The van der Waals surface area contributed by atoms with Gasteiger partial charge in [-0.25, -0.2) is 9.37 Å². The molecule has 134 valence electrons. The number of rotatable bonds is 5. The fourth-order valence-electron chi connectivity index (χ4n) is 2.44. The smallest absolute Gasteiger partial charge is 0.262 e. The van der Waals surface area contributed by atoms with Gasteiger partial charge >= 0.3 is 0 Å². The van der Waals surface area contributed by atoms with Gasteiger partial charge in [0.15, 0.2) is 5.16 Å². The Morgan fingerprint density at radius 3 is 2.81 bits per heavy atom. The number of aromatic nitrogens is 2. The predicted molar refractivity (Wildman–Crippen MR) is 102 cm³/mol. The highest BCUT2D eigenvalue weighted by Crippen LogP contribution is 2.23. The van der Waals surface area contributed by atoms with Gasteiger partial charge in [-0.15, -0.1) is 0 Å². The maximum Gasteiger partial charge on any atom is 0.262 e. The quantitative estimate of drug-likeness (QED) is 0.528. The van der Waals surface area contributed by atoms with E-state index in [-0.39, 0.29) is 22.2 Å². The standard InChI is InChI=1S/C18H15ClFN3O2S/c1-2-23-17(25)12-5-3-4-6-14(12)22-18(23)26-10-16(24)21-15-8-7-11(20)9-13(15)19/h3-9H,2,10H2,1H3,(H,21,24). The Labute approximate surface area is 158 Å². The molecule has 0 atom stereocenters. The zero-order valence-electron chi connectivity index (χ0n) is 13.8. The highest BCUT2D eigenvalue weighted by molar-refractivity contribution is 7.99. The number of para-hydroxylation sites is 1. The van der Waals surface area contributed by atoms with Crippen molar-refractivity contribution in [3.8, 4) is 0 Å². The van der Waals surface area contributed by atoms with Gasteiger partial charge in [0.2, 0.25) is 5.91 Å². The van der Waals surface area contributed by atoms with Crippen molar-refractivity contribution >= 4 is 45.9 Å². The summed E-state index contributed by atoms with van der Waals surface area (Å²) < 4.78 is 14.6. The molecular weight excluding hydrogens is 377 g/mol. The third kappa shape index (κ3) is 3.89. The molecule has 0 radical (unpaired) electrons. The van der Waals surface area contributed by atoms with Gasteiger partial charge < -0.3 is 5.32 Å². The van der Waals surface area contributed by atoms with E-state index in [0.717, 1.165) is 17.8 Å². The Kier molecular flexibility index (Phi) is 5.58. The van der Waals surface area contributed by atoms with Crippen LogP contribution in [0.3, 0.4) is 0 Å². The zero-order chi connectivity index (χ0) is 18.7. The topological polar surface area (TPSA) is 64.0 Å².